The monoisotopic (exact) mass is 603 g/mol. The van der Waals surface area contributed by atoms with E-state index in [1.54, 1.807) is 0 Å². The number of nitriles is 1. The van der Waals surface area contributed by atoms with E-state index in [0.29, 0.717) is 5.56 Å². The molecule has 47 heavy (non-hydrogen) atoms. The lowest BCUT2D eigenvalue weighted by Gasteiger charge is -2.27. The molecule has 0 aliphatic rings. The Morgan fingerprint density at radius 2 is 0.787 bits per heavy atom. The minimum atomic E-state index is 0.652. The third-order valence-corrected chi connectivity index (χ3v) is 8.50. The molecule has 3 heteroatoms. The van der Waals surface area contributed by atoms with Crippen molar-refractivity contribution in [3.63, 3.8) is 0 Å². The van der Waals surface area contributed by atoms with E-state index in [-0.39, 0.29) is 0 Å². The molecule has 7 rings (SSSR count). The molecular formula is C44H33N3. The Morgan fingerprint density at radius 3 is 1.30 bits per heavy atom. The highest BCUT2D eigenvalue weighted by molar-refractivity contribution is 5.83. The number of benzene rings is 7. The third kappa shape index (κ3) is 6.40. The minimum absolute atomic E-state index is 0.652. The van der Waals surface area contributed by atoms with Gasteiger partial charge in [-0.05, 0) is 100 Å². The lowest BCUT2D eigenvalue weighted by atomic mass is 10.0. The van der Waals surface area contributed by atoms with Gasteiger partial charge in [0.05, 0.1) is 11.6 Å². The summed E-state index contributed by atoms with van der Waals surface area (Å²) >= 11 is 0. The molecule has 0 unspecified atom stereocenters. The van der Waals surface area contributed by atoms with Crippen LogP contribution >= 0.6 is 0 Å². The summed E-state index contributed by atoms with van der Waals surface area (Å²) in [5, 5.41) is 9.31. The van der Waals surface area contributed by atoms with E-state index in [2.05, 4.69) is 174 Å². The molecule has 0 fully saturated rings. The smallest absolute Gasteiger partial charge is 0.0992 e. The van der Waals surface area contributed by atoms with Gasteiger partial charge in [0.1, 0.15) is 0 Å². The molecule has 0 saturated carbocycles. The van der Waals surface area contributed by atoms with Crippen LogP contribution in [0.3, 0.4) is 0 Å². The maximum atomic E-state index is 9.31. The first-order valence-electron chi connectivity index (χ1n) is 15.7. The van der Waals surface area contributed by atoms with Crippen LogP contribution in [0.4, 0.5) is 28.4 Å². The Hall–Kier alpha value is -6.37. The molecule has 0 aliphatic carbocycles. The van der Waals surface area contributed by atoms with Crippen LogP contribution in [0.25, 0.3) is 33.4 Å². The summed E-state index contributed by atoms with van der Waals surface area (Å²) in [5.41, 5.74) is 13.0. The zero-order valence-corrected chi connectivity index (χ0v) is 26.2. The fourth-order valence-electron chi connectivity index (χ4n) is 5.97. The van der Waals surface area contributed by atoms with E-state index in [1.807, 2.05) is 31.3 Å². The summed E-state index contributed by atoms with van der Waals surface area (Å²) in [6, 6.07) is 65.8. The van der Waals surface area contributed by atoms with Crippen LogP contribution in [0.2, 0.25) is 0 Å². The molecule has 0 aliphatic heterocycles. The second kappa shape index (κ2) is 13.3. The highest BCUT2D eigenvalue weighted by atomic mass is 15.1. The lowest BCUT2D eigenvalue weighted by molar-refractivity contribution is 1.21. The first-order valence-corrected chi connectivity index (χ1v) is 15.7. The lowest BCUT2D eigenvalue weighted by Crippen LogP contribution is -2.10. The average Bonchev–Trinajstić information content (AvgIpc) is 3.16. The highest BCUT2D eigenvalue weighted by Crippen LogP contribution is 2.39. The molecular weight excluding hydrogens is 571 g/mol. The standard InChI is InChI=1S/C44H33N3/c1-46(42-18-8-11-33(29-42)32-45)40-25-21-36(22-26-40)37-23-27-41(28-24-37)47(43-19-9-16-38(30-43)34-12-4-2-5-13-34)44-20-10-17-39(31-44)35-14-6-3-7-15-35/h2-31H,1H3. The van der Waals surface area contributed by atoms with Crippen molar-refractivity contribution in [3.05, 3.63) is 188 Å². The summed E-state index contributed by atoms with van der Waals surface area (Å²) < 4.78 is 0. The molecule has 0 N–H and O–H groups in total. The van der Waals surface area contributed by atoms with Crippen LogP contribution in [0.1, 0.15) is 5.56 Å². The molecule has 0 radical (unpaired) electrons. The van der Waals surface area contributed by atoms with E-state index in [1.165, 1.54) is 22.3 Å². The minimum Gasteiger partial charge on any atom is -0.345 e. The average molecular weight is 604 g/mol. The van der Waals surface area contributed by atoms with Gasteiger partial charge in [-0.25, -0.2) is 0 Å². The van der Waals surface area contributed by atoms with Crippen LogP contribution < -0.4 is 9.80 Å². The van der Waals surface area contributed by atoms with Crippen molar-refractivity contribution in [3.8, 4) is 39.4 Å². The summed E-state index contributed by atoms with van der Waals surface area (Å²) in [6.45, 7) is 0. The molecule has 0 atom stereocenters. The van der Waals surface area contributed by atoms with E-state index in [9.17, 15) is 5.26 Å². The maximum absolute atomic E-state index is 9.31. The van der Waals surface area contributed by atoms with Gasteiger partial charge in [-0.2, -0.15) is 5.26 Å². The second-order valence-corrected chi connectivity index (χ2v) is 11.5. The van der Waals surface area contributed by atoms with Gasteiger partial charge in [-0.3, -0.25) is 0 Å². The number of rotatable bonds is 8. The van der Waals surface area contributed by atoms with Crippen LogP contribution in [0.5, 0.6) is 0 Å². The van der Waals surface area contributed by atoms with Crippen molar-refractivity contribution in [1.82, 2.24) is 0 Å². The third-order valence-electron chi connectivity index (χ3n) is 8.50. The molecule has 0 aromatic heterocycles. The number of nitrogens with zero attached hydrogens (tertiary/aromatic N) is 3. The van der Waals surface area contributed by atoms with Crippen molar-refractivity contribution < 1.29 is 0 Å². The largest absolute Gasteiger partial charge is 0.345 e. The second-order valence-electron chi connectivity index (χ2n) is 11.5. The number of anilines is 5. The fraction of sp³-hybridized carbons (Fsp3) is 0.0227. The van der Waals surface area contributed by atoms with Gasteiger partial charge in [0.2, 0.25) is 0 Å². The fourth-order valence-corrected chi connectivity index (χ4v) is 5.97. The van der Waals surface area contributed by atoms with Crippen molar-refractivity contribution in [2.45, 2.75) is 0 Å². The van der Waals surface area contributed by atoms with Gasteiger partial charge in [-0.15, -0.1) is 0 Å². The van der Waals surface area contributed by atoms with Crippen molar-refractivity contribution in [2.75, 3.05) is 16.8 Å². The van der Waals surface area contributed by atoms with E-state index in [4.69, 9.17) is 0 Å². The van der Waals surface area contributed by atoms with Crippen molar-refractivity contribution in [1.29, 1.82) is 5.26 Å². The van der Waals surface area contributed by atoms with Gasteiger partial charge < -0.3 is 9.80 Å². The molecule has 0 heterocycles. The van der Waals surface area contributed by atoms with E-state index < -0.39 is 0 Å². The first-order chi connectivity index (χ1) is 23.2. The van der Waals surface area contributed by atoms with Gasteiger partial charge >= 0.3 is 0 Å². The number of hydrogen-bond acceptors (Lipinski definition) is 3. The quantitative estimate of drug-likeness (QED) is 0.173. The van der Waals surface area contributed by atoms with E-state index >= 15 is 0 Å². The zero-order valence-electron chi connectivity index (χ0n) is 26.2. The number of hydrogen-bond donors (Lipinski definition) is 0. The Labute approximate surface area is 276 Å². The van der Waals surface area contributed by atoms with Gasteiger partial charge in [0, 0.05) is 35.5 Å². The van der Waals surface area contributed by atoms with Crippen LogP contribution in [-0.4, -0.2) is 7.05 Å². The Morgan fingerprint density at radius 1 is 0.362 bits per heavy atom. The van der Waals surface area contributed by atoms with Crippen LogP contribution in [0.15, 0.2) is 182 Å². The topological polar surface area (TPSA) is 30.3 Å². The molecule has 3 nitrogen and oxygen atoms in total. The van der Waals surface area contributed by atoms with Gasteiger partial charge in [0.25, 0.3) is 0 Å². The summed E-state index contributed by atoms with van der Waals surface area (Å²) in [6.07, 6.45) is 0. The Balaban J connectivity index is 1.23. The molecule has 7 aromatic rings. The van der Waals surface area contributed by atoms with Crippen molar-refractivity contribution >= 4 is 28.4 Å². The Bertz CT molecular complexity index is 2060. The predicted octanol–water partition coefficient (Wildman–Crippen LogP) is 11.8. The molecule has 0 spiro atoms. The molecule has 224 valence electrons. The summed E-state index contributed by atoms with van der Waals surface area (Å²) in [4.78, 5) is 4.43. The summed E-state index contributed by atoms with van der Waals surface area (Å²) in [5.74, 6) is 0. The van der Waals surface area contributed by atoms with Crippen LogP contribution in [-0.2, 0) is 0 Å². The molecule has 0 bridgehead atoms. The highest BCUT2D eigenvalue weighted by Gasteiger charge is 2.15. The SMILES string of the molecule is CN(c1ccc(-c2ccc(N(c3cccc(-c4ccccc4)c3)c3cccc(-c4ccccc4)c3)cc2)cc1)c1cccc(C#N)c1. The van der Waals surface area contributed by atoms with Gasteiger partial charge in [-0.1, -0.05) is 115 Å². The molecule has 0 saturated heterocycles. The summed E-state index contributed by atoms with van der Waals surface area (Å²) in [7, 11) is 2.02. The van der Waals surface area contributed by atoms with Gasteiger partial charge in [0.15, 0.2) is 0 Å². The van der Waals surface area contributed by atoms with Crippen LogP contribution in [0, 0.1) is 11.3 Å². The molecule has 0 amide bonds. The zero-order chi connectivity index (χ0) is 32.0. The predicted molar refractivity (Wildman–Crippen MR) is 197 cm³/mol. The normalized spacial score (nSPS) is 10.6. The molecule has 7 aromatic carbocycles. The first kappa shape index (κ1) is 29.3. The maximum Gasteiger partial charge on any atom is 0.0992 e. The van der Waals surface area contributed by atoms with Crippen molar-refractivity contribution in [2.24, 2.45) is 0 Å². The Kier molecular flexibility index (Phi) is 8.32. The van der Waals surface area contributed by atoms with E-state index in [0.717, 1.165) is 39.6 Å².